The first kappa shape index (κ1) is 21.5. The van der Waals surface area contributed by atoms with E-state index in [0.717, 1.165) is 44.6 Å². The van der Waals surface area contributed by atoms with Crippen LogP contribution in [0.2, 0.25) is 0 Å². The maximum absolute atomic E-state index is 12.6. The first-order chi connectivity index (χ1) is 12.7. The van der Waals surface area contributed by atoms with E-state index in [2.05, 4.69) is 48.2 Å². The van der Waals surface area contributed by atoms with Crippen LogP contribution in [0.5, 0.6) is 0 Å². The monoisotopic (exact) mass is 386 g/mol. The number of para-hydroxylation sites is 1. The van der Waals surface area contributed by atoms with Gasteiger partial charge in [0.15, 0.2) is 0 Å². The van der Waals surface area contributed by atoms with Gasteiger partial charge in [-0.3, -0.25) is 4.79 Å². The normalized spacial score (nSPS) is 15.2. The van der Waals surface area contributed by atoms with Gasteiger partial charge >= 0.3 is 0 Å². The number of carbonyl (C=O) groups is 1. The highest BCUT2D eigenvalue weighted by Crippen LogP contribution is 2.24. The molecule has 0 saturated carbocycles. The van der Waals surface area contributed by atoms with E-state index in [0.29, 0.717) is 12.5 Å². The third-order valence-corrected chi connectivity index (χ3v) is 5.49. The number of nitrogens with zero attached hydrogens (tertiary/aromatic N) is 2. The molecular formula is C23H31ClN2O. The zero-order valence-electron chi connectivity index (χ0n) is 16.4. The van der Waals surface area contributed by atoms with Crippen LogP contribution in [0.15, 0.2) is 54.6 Å². The molecule has 0 bridgehead atoms. The molecule has 3 rings (SSSR count). The van der Waals surface area contributed by atoms with E-state index in [4.69, 9.17) is 0 Å². The van der Waals surface area contributed by atoms with Crippen molar-refractivity contribution in [1.29, 1.82) is 0 Å². The van der Waals surface area contributed by atoms with Crippen LogP contribution in [0, 0.1) is 6.92 Å². The lowest BCUT2D eigenvalue weighted by molar-refractivity contribution is -0.119. The summed E-state index contributed by atoms with van der Waals surface area (Å²) in [5, 5.41) is 0. The molecule has 2 aromatic carbocycles. The molecule has 0 spiro atoms. The lowest BCUT2D eigenvalue weighted by Crippen LogP contribution is -2.47. The maximum atomic E-state index is 12.6. The highest BCUT2D eigenvalue weighted by molar-refractivity contribution is 5.93. The number of anilines is 1. The number of benzene rings is 2. The number of carbonyl (C=O) groups excluding carboxylic acids is 1. The second kappa shape index (κ2) is 10.5. The molecule has 1 saturated heterocycles. The lowest BCUT2D eigenvalue weighted by atomic mass is 10.00. The average molecular weight is 387 g/mol. The van der Waals surface area contributed by atoms with Gasteiger partial charge in [-0.15, -0.1) is 12.4 Å². The van der Waals surface area contributed by atoms with Gasteiger partial charge in [0, 0.05) is 37.8 Å². The molecule has 1 amide bonds. The average Bonchev–Trinajstić information content (AvgIpc) is 2.69. The molecule has 0 aromatic heterocycles. The second-order valence-electron chi connectivity index (χ2n) is 7.20. The van der Waals surface area contributed by atoms with Gasteiger partial charge in [0.2, 0.25) is 5.91 Å². The summed E-state index contributed by atoms with van der Waals surface area (Å²) in [6, 6.07) is 19.1. The van der Waals surface area contributed by atoms with Crippen molar-refractivity contribution in [3.63, 3.8) is 0 Å². The van der Waals surface area contributed by atoms with Crippen LogP contribution < -0.4 is 4.90 Å². The quantitative estimate of drug-likeness (QED) is 0.707. The zero-order valence-corrected chi connectivity index (χ0v) is 17.3. The summed E-state index contributed by atoms with van der Waals surface area (Å²) in [5.41, 5.74) is 3.87. The van der Waals surface area contributed by atoms with E-state index < -0.39 is 0 Å². The Morgan fingerprint density at radius 3 is 2.30 bits per heavy atom. The molecule has 146 valence electrons. The van der Waals surface area contributed by atoms with Crippen LogP contribution in [0.4, 0.5) is 5.69 Å². The van der Waals surface area contributed by atoms with Gasteiger partial charge in [-0.2, -0.15) is 0 Å². The van der Waals surface area contributed by atoms with Crippen molar-refractivity contribution in [2.45, 2.75) is 45.6 Å². The summed E-state index contributed by atoms with van der Waals surface area (Å²) in [4.78, 5) is 17.1. The van der Waals surface area contributed by atoms with Crippen LogP contribution in [0.3, 0.4) is 0 Å². The van der Waals surface area contributed by atoms with Gasteiger partial charge in [-0.05, 0) is 49.4 Å². The Labute approximate surface area is 169 Å². The third kappa shape index (κ3) is 5.57. The van der Waals surface area contributed by atoms with Crippen molar-refractivity contribution in [2.24, 2.45) is 0 Å². The van der Waals surface area contributed by atoms with E-state index in [1.54, 1.807) is 0 Å². The summed E-state index contributed by atoms with van der Waals surface area (Å²) in [6.07, 6.45) is 3.76. The highest BCUT2D eigenvalue weighted by Gasteiger charge is 2.28. The molecule has 0 N–H and O–H groups in total. The van der Waals surface area contributed by atoms with Crippen LogP contribution >= 0.6 is 12.4 Å². The Morgan fingerprint density at radius 2 is 1.67 bits per heavy atom. The molecule has 1 heterocycles. The fourth-order valence-corrected chi connectivity index (χ4v) is 3.89. The molecule has 0 aliphatic carbocycles. The molecule has 4 heteroatoms. The van der Waals surface area contributed by atoms with Crippen LogP contribution in [-0.2, 0) is 11.2 Å². The molecule has 1 aliphatic heterocycles. The molecular weight excluding hydrogens is 356 g/mol. The van der Waals surface area contributed by atoms with E-state index in [9.17, 15) is 4.79 Å². The SMILES string of the molecule is CCC(=O)N(c1ccccc1)C1CCN(CCc2ccccc2C)CC1.Cl. The van der Waals surface area contributed by atoms with Crippen molar-refractivity contribution >= 4 is 24.0 Å². The van der Waals surface area contributed by atoms with E-state index in [-0.39, 0.29) is 18.3 Å². The van der Waals surface area contributed by atoms with E-state index in [1.807, 2.05) is 30.0 Å². The molecule has 1 fully saturated rings. The smallest absolute Gasteiger partial charge is 0.226 e. The van der Waals surface area contributed by atoms with Crippen molar-refractivity contribution in [3.05, 3.63) is 65.7 Å². The summed E-state index contributed by atoms with van der Waals surface area (Å²) in [7, 11) is 0. The van der Waals surface area contributed by atoms with Crippen LogP contribution in [0.1, 0.15) is 37.3 Å². The Hall–Kier alpha value is -1.84. The van der Waals surface area contributed by atoms with Crippen molar-refractivity contribution in [2.75, 3.05) is 24.5 Å². The zero-order chi connectivity index (χ0) is 18.4. The fourth-order valence-electron chi connectivity index (χ4n) is 3.89. The van der Waals surface area contributed by atoms with Gasteiger partial charge in [0.05, 0.1) is 0 Å². The van der Waals surface area contributed by atoms with Crippen LogP contribution in [0.25, 0.3) is 0 Å². The van der Waals surface area contributed by atoms with Crippen molar-refractivity contribution < 1.29 is 4.79 Å². The van der Waals surface area contributed by atoms with Gasteiger partial charge in [-0.1, -0.05) is 49.4 Å². The first-order valence-corrected chi connectivity index (χ1v) is 9.83. The number of aryl methyl sites for hydroxylation is 1. The Kier molecular flexibility index (Phi) is 8.33. The lowest BCUT2D eigenvalue weighted by Gasteiger charge is -2.38. The first-order valence-electron chi connectivity index (χ1n) is 9.83. The number of rotatable bonds is 6. The van der Waals surface area contributed by atoms with E-state index in [1.165, 1.54) is 11.1 Å². The molecule has 1 aliphatic rings. The van der Waals surface area contributed by atoms with E-state index >= 15 is 0 Å². The predicted molar refractivity (Wildman–Crippen MR) is 116 cm³/mol. The van der Waals surface area contributed by atoms with Gasteiger partial charge in [-0.25, -0.2) is 0 Å². The largest absolute Gasteiger partial charge is 0.309 e. The summed E-state index contributed by atoms with van der Waals surface area (Å²) < 4.78 is 0. The Morgan fingerprint density at radius 1 is 1.04 bits per heavy atom. The number of hydrogen-bond acceptors (Lipinski definition) is 2. The van der Waals surface area contributed by atoms with Crippen molar-refractivity contribution in [3.8, 4) is 0 Å². The molecule has 27 heavy (non-hydrogen) atoms. The Balaban J connectivity index is 0.00000261. The van der Waals surface area contributed by atoms with Gasteiger partial charge < -0.3 is 9.80 Å². The summed E-state index contributed by atoms with van der Waals surface area (Å²) in [6.45, 7) is 7.38. The molecule has 0 atom stereocenters. The highest BCUT2D eigenvalue weighted by atomic mass is 35.5. The summed E-state index contributed by atoms with van der Waals surface area (Å²) >= 11 is 0. The van der Waals surface area contributed by atoms with Gasteiger partial charge in [0.25, 0.3) is 0 Å². The second-order valence-corrected chi connectivity index (χ2v) is 7.20. The van der Waals surface area contributed by atoms with Gasteiger partial charge in [0.1, 0.15) is 0 Å². The number of piperidine rings is 1. The third-order valence-electron chi connectivity index (χ3n) is 5.49. The number of halogens is 1. The van der Waals surface area contributed by atoms with Crippen LogP contribution in [-0.4, -0.2) is 36.5 Å². The number of likely N-dealkylation sites (tertiary alicyclic amines) is 1. The fraction of sp³-hybridized carbons (Fsp3) is 0.435. The maximum Gasteiger partial charge on any atom is 0.226 e. The predicted octanol–water partition coefficient (Wildman–Crippen LogP) is 4.87. The minimum atomic E-state index is 0. The molecule has 0 unspecified atom stereocenters. The van der Waals surface area contributed by atoms with Crippen molar-refractivity contribution in [1.82, 2.24) is 4.90 Å². The Bertz CT molecular complexity index is 711. The standard InChI is InChI=1S/C23H30N2O.ClH/c1-3-23(26)25(21-11-5-4-6-12-21)22-14-17-24(18-15-22)16-13-20-10-8-7-9-19(20)2;/h4-12,22H,3,13-18H2,1-2H3;1H. The minimum absolute atomic E-state index is 0. The summed E-state index contributed by atoms with van der Waals surface area (Å²) in [5.74, 6) is 0.231. The minimum Gasteiger partial charge on any atom is -0.309 e. The topological polar surface area (TPSA) is 23.6 Å². The number of amides is 1. The number of hydrogen-bond donors (Lipinski definition) is 0. The molecule has 2 aromatic rings. The molecule has 3 nitrogen and oxygen atoms in total. The molecule has 0 radical (unpaired) electrons.